The molecule has 2 heterocycles. The summed E-state index contributed by atoms with van der Waals surface area (Å²) in [5.74, 6) is -2.76. The average molecular weight is 244 g/mol. The van der Waals surface area contributed by atoms with Crippen molar-refractivity contribution in [3.05, 3.63) is 0 Å². The van der Waals surface area contributed by atoms with Crippen LogP contribution in [0.1, 0.15) is 0 Å². The van der Waals surface area contributed by atoms with Gasteiger partial charge in [-0.2, -0.15) is 13.2 Å². The molecule has 16 heavy (non-hydrogen) atoms. The molecule has 0 aliphatic carbocycles. The Labute approximate surface area is 89.1 Å². The second kappa shape index (κ2) is 5.46. The normalized spacial score (nSPS) is 26.7. The van der Waals surface area contributed by atoms with Crippen LogP contribution in [-0.2, 0) is 19.0 Å². The average Bonchev–Trinajstić information content (AvgIpc) is 2.97. The van der Waals surface area contributed by atoms with Gasteiger partial charge in [0, 0.05) is 0 Å². The molecule has 2 fully saturated rings. The van der Waals surface area contributed by atoms with Gasteiger partial charge in [0.2, 0.25) is 0 Å². The monoisotopic (exact) mass is 244 g/mol. The van der Waals surface area contributed by atoms with Crippen LogP contribution < -0.4 is 0 Å². The summed E-state index contributed by atoms with van der Waals surface area (Å²) in [7, 11) is 0. The number of alkyl halides is 3. The second-order valence-electron chi connectivity index (χ2n) is 3.25. The Morgan fingerprint density at radius 1 is 1.25 bits per heavy atom. The van der Waals surface area contributed by atoms with E-state index in [0.717, 1.165) is 26.4 Å². The van der Waals surface area contributed by atoms with Gasteiger partial charge in [-0.25, -0.2) is 4.79 Å². The number of carboxylic acids is 1. The van der Waals surface area contributed by atoms with Crippen LogP contribution in [-0.4, -0.2) is 55.9 Å². The van der Waals surface area contributed by atoms with Crippen LogP contribution in [0.5, 0.6) is 0 Å². The number of hydrogen-bond acceptors (Lipinski definition) is 4. The van der Waals surface area contributed by atoms with Crippen molar-refractivity contribution in [1.29, 1.82) is 0 Å². The quantitative estimate of drug-likeness (QED) is 0.726. The lowest BCUT2D eigenvalue weighted by molar-refractivity contribution is -0.192. The molecule has 2 rings (SSSR count). The molecule has 0 aromatic carbocycles. The molecular weight excluding hydrogens is 233 g/mol. The van der Waals surface area contributed by atoms with Crippen molar-refractivity contribution in [3.63, 3.8) is 0 Å². The molecule has 0 radical (unpaired) electrons. The Hall–Kier alpha value is -0.860. The molecule has 94 valence electrons. The molecule has 0 aromatic heterocycles. The summed E-state index contributed by atoms with van der Waals surface area (Å²) in [5, 5.41) is 7.12. The maximum Gasteiger partial charge on any atom is 0.490 e. The summed E-state index contributed by atoms with van der Waals surface area (Å²) in [5.41, 5.74) is 0. The second-order valence-corrected chi connectivity index (χ2v) is 3.25. The zero-order valence-corrected chi connectivity index (χ0v) is 8.20. The smallest absolute Gasteiger partial charge is 0.475 e. The number of halogens is 3. The molecule has 5 nitrogen and oxygen atoms in total. The molecule has 8 heteroatoms. The van der Waals surface area contributed by atoms with Crippen LogP contribution in [0.2, 0.25) is 0 Å². The van der Waals surface area contributed by atoms with E-state index in [2.05, 4.69) is 0 Å². The van der Waals surface area contributed by atoms with Crippen molar-refractivity contribution in [2.45, 2.75) is 18.4 Å². The number of carbonyl (C=O) groups is 1. The van der Waals surface area contributed by atoms with E-state index in [1.807, 2.05) is 0 Å². The van der Waals surface area contributed by atoms with Gasteiger partial charge in [0.15, 0.2) is 0 Å². The first kappa shape index (κ1) is 13.2. The molecule has 2 aliphatic rings. The van der Waals surface area contributed by atoms with Gasteiger partial charge >= 0.3 is 12.1 Å². The number of hydrogen-bond donors (Lipinski definition) is 1. The molecule has 0 bridgehead atoms. The van der Waals surface area contributed by atoms with Gasteiger partial charge in [-0.05, 0) is 0 Å². The van der Waals surface area contributed by atoms with E-state index in [1.165, 1.54) is 0 Å². The number of rotatable bonds is 4. The van der Waals surface area contributed by atoms with Gasteiger partial charge in [0.25, 0.3) is 0 Å². The third kappa shape index (κ3) is 6.59. The van der Waals surface area contributed by atoms with Crippen molar-refractivity contribution < 1.29 is 37.3 Å². The Morgan fingerprint density at radius 2 is 1.56 bits per heavy atom. The molecule has 0 aromatic rings. The number of carboxylic acid groups (broad SMARTS) is 1. The fraction of sp³-hybridized carbons (Fsp3) is 0.875. The highest BCUT2D eigenvalue weighted by molar-refractivity contribution is 5.73. The van der Waals surface area contributed by atoms with Crippen LogP contribution in [0.4, 0.5) is 13.2 Å². The Morgan fingerprint density at radius 3 is 1.75 bits per heavy atom. The molecule has 0 spiro atoms. The lowest BCUT2D eigenvalue weighted by Gasteiger charge is -1.95. The lowest BCUT2D eigenvalue weighted by Crippen LogP contribution is -2.21. The van der Waals surface area contributed by atoms with Crippen molar-refractivity contribution >= 4 is 5.97 Å². The Kier molecular flexibility index (Phi) is 4.51. The topological polar surface area (TPSA) is 71.6 Å². The van der Waals surface area contributed by atoms with Crippen LogP contribution in [0.15, 0.2) is 0 Å². The van der Waals surface area contributed by atoms with Crippen molar-refractivity contribution in [1.82, 2.24) is 0 Å². The lowest BCUT2D eigenvalue weighted by atomic mass is 10.5. The SMILES string of the molecule is C(OCC1CO1)C1CO1.O=C(O)C(F)(F)F. The van der Waals surface area contributed by atoms with E-state index in [0.29, 0.717) is 12.2 Å². The van der Waals surface area contributed by atoms with E-state index >= 15 is 0 Å². The number of aliphatic carboxylic acids is 1. The van der Waals surface area contributed by atoms with Gasteiger partial charge in [-0.15, -0.1) is 0 Å². The minimum atomic E-state index is -5.08. The van der Waals surface area contributed by atoms with E-state index in [-0.39, 0.29) is 0 Å². The number of epoxide rings is 2. The third-order valence-corrected chi connectivity index (χ3v) is 1.65. The molecule has 2 unspecified atom stereocenters. The fourth-order valence-electron chi connectivity index (χ4n) is 0.659. The summed E-state index contributed by atoms with van der Waals surface area (Å²) in [4.78, 5) is 8.90. The largest absolute Gasteiger partial charge is 0.490 e. The molecule has 2 atom stereocenters. The first-order valence-electron chi connectivity index (χ1n) is 4.50. The standard InChI is InChI=1S/C6H10O3.C2HF3O2/c1(5-3-8-5)7-2-6-4-9-6;3-2(4,5)1(6)7/h5-6H,1-4H2;(H,6,7). The minimum absolute atomic E-state index is 0.392. The predicted molar refractivity (Wildman–Crippen MR) is 44.0 cm³/mol. The van der Waals surface area contributed by atoms with E-state index in [4.69, 9.17) is 24.1 Å². The van der Waals surface area contributed by atoms with Crippen molar-refractivity contribution in [2.75, 3.05) is 26.4 Å². The molecular formula is C8H11F3O5. The first-order chi connectivity index (χ1) is 7.39. The third-order valence-electron chi connectivity index (χ3n) is 1.65. The summed E-state index contributed by atoms with van der Waals surface area (Å²) in [6, 6.07) is 0. The van der Waals surface area contributed by atoms with Gasteiger partial charge in [-0.3, -0.25) is 0 Å². The van der Waals surface area contributed by atoms with Crippen LogP contribution in [0, 0.1) is 0 Å². The van der Waals surface area contributed by atoms with Gasteiger partial charge in [0.05, 0.1) is 26.4 Å². The molecule has 2 saturated heterocycles. The Bertz CT molecular complexity index is 222. The van der Waals surface area contributed by atoms with E-state index in [9.17, 15) is 13.2 Å². The summed E-state index contributed by atoms with van der Waals surface area (Å²) >= 11 is 0. The van der Waals surface area contributed by atoms with Crippen LogP contribution >= 0.6 is 0 Å². The minimum Gasteiger partial charge on any atom is -0.475 e. The highest BCUT2D eigenvalue weighted by atomic mass is 19.4. The molecule has 0 saturated carbocycles. The van der Waals surface area contributed by atoms with Crippen molar-refractivity contribution in [3.8, 4) is 0 Å². The maximum atomic E-state index is 10.6. The Balaban J connectivity index is 0.000000168. The summed E-state index contributed by atoms with van der Waals surface area (Å²) in [6.45, 7) is 3.26. The number of ether oxygens (including phenoxy) is 3. The van der Waals surface area contributed by atoms with E-state index in [1.54, 1.807) is 0 Å². The van der Waals surface area contributed by atoms with E-state index < -0.39 is 12.1 Å². The molecule has 0 amide bonds. The highest BCUT2D eigenvalue weighted by Crippen LogP contribution is 2.13. The van der Waals surface area contributed by atoms with Crippen molar-refractivity contribution in [2.24, 2.45) is 0 Å². The molecule has 1 N–H and O–H groups in total. The summed E-state index contributed by atoms with van der Waals surface area (Å²) < 4.78 is 46.9. The maximum absolute atomic E-state index is 10.6. The fourth-order valence-corrected chi connectivity index (χ4v) is 0.659. The summed E-state index contributed by atoms with van der Waals surface area (Å²) in [6.07, 6.45) is -4.30. The molecule has 2 aliphatic heterocycles. The van der Waals surface area contributed by atoms with Crippen LogP contribution in [0.3, 0.4) is 0 Å². The zero-order chi connectivity index (χ0) is 12.2. The highest BCUT2D eigenvalue weighted by Gasteiger charge is 2.38. The zero-order valence-electron chi connectivity index (χ0n) is 8.20. The van der Waals surface area contributed by atoms with Crippen LogP contribution in [0.25, 0.3) is 0 Å². The van der Waals surface area contributed by atoms with Gasteiger partial charge in [0.1, 0.15) is 12.2 Å². The van der Waals surface area contributed by atoms with Gasteiger partial charge < -0.3 is 19.3 Å². The van der Waals surface area contributed by atoms with Gasteiger partial charge in [-0.1, -0.05) is 0 Å². The predicted octanol–water partition coefficient (Wildman–Crippen LogP) is 0.434. The first-order valence-corrected chi connectivity index (χ1v) is 4.50.